The minimum absolute atomic E-state index is 0.116. The van der Waals surface area contributed by atoms with Crippen molar-refractivity contribution in [1.82, 2.24) is 4.90 Å². The lowest BCUT2D eigenvalue weighted by Gasteiger charge is -2.29. The molecule has 1 aliphatic rings. The lowest BCUT2D eigenvalue weighted by Crippen LogP contribution is -2.37. The van der Waals surface area contributed by atoms with Crippen LogP contribution in [0, 0.1) is 12.7 Å². The molecule has 1 saturated heterocycles. The Bertz CT molecular complexity index is 685. The minimum atomic E-state index is -0.343. The molecule has 1 fully saturated rings. The van der Waals surface area contributed by atoms with Crippen LogP contribution in [-0.2, 0) is 0 Å². The molecule has 23 heavy (non-hydrogen) atoms. The molecule has 2 amide bonds. The van der Waals surface area contributed by atoms with Crippen LogP contribution in [0.5, 0.6) is 0 Å². The number of nitrogens with one attached hydrogen (secondary N) is 1. The van der Waals surface area contributed by atoms with Gasteiger partial charge in [-0.3, -0.25) is 0 Å². The largest absolute Gasteiger partial charge is 0.322 e. The predicted octanol–water partition coefficient (Wildman–Crippen LogP) is 5.34. The van der Waals surface area contributed by atoms with Crippen LogP contribution in [0.4, 0.5) is 14.9 Å². The molecule has 2 heterocycles. The van der Waals surface area contributed by atoms with E-state index < -0.39 is 0 Å². The average molecular weight is 332 g/mol. The Morgan fingerprint density at radius 1 is 1.26 bits per heavy atom. The van der Waals surface area contributed by atoms with Gasteiger partial charge in [-0.15, -0.1) is 11.3 Å². The number of amides is 2. The summed E-state index contributed by atoms with van der Waals surface area (Å²) in [6.07, 6.45) is 4.27. The molecule has 0 spiro atoms. The van der Waals surface area contributed by atoms with E-state index in [4.69, 9.17) is 0 Å². The molecule has 0 bridgehead atoms. The van der Waals surface area contributed by atoms with Gasteiger partial charge in [0.05, 0.1) is 6.04 Å². The Morgan fingerprint density at radius 3 is 2.87 bits per heavy atom. The SMILES string of the molecule is Cc1ccc(C2CCCCCN2C(=O)Nc2cccc(F)c2)s1. The zero-order valence-corrected chi connectivity index (χ0v) is 14.0. The molecule has 1 aromatic carbocycles. The van der Waals surface area contributed by atoms with E-state index in [2.05, 4.69) is 24.4 Å². The third-order valence-corrected chi connectivity index (χ3v) is 5.28. The van der Waals surface area contributed by atoms with Crippen LogP contribution in [0.2, 0.25) is 0 Å². The Labute approximate surface area is 140 Å². The van der Waals surface area contributed by atoms with Crippen LogP contribution in [0.15, 0.2) is 36.4 Å². The van der Waals surface area contributed by atoms with Crippen LogP contribution in [-0.4, -0.2) is 17.5 Å². The third kappa shape index (κ3) is 3.91. The standard InChI is InChI=1S/C18H21FN2OS/c1-13-9-10-17(23-13)16-8-3-2-4-11-21(16)18(22)20-15-7-5-6-14(19)12-15/h5-7,9-10,12,16H,2-4,8,11H2,1H3,(H,20,22). The number of anilines is 1. The van der Waals surface area contributed by atoms with Crippen LogP contribution >= 0.6 is 11.3 Å². The number of hydrogen-bond donors (Lipinski definition) is 1. The maximum absolute atomic E-state index is 13.3. The Balaban J connectivity index is 1.80. The molecule has 1 aromatic heterocycles. The molecule has 1 aliphatic heterocycles. The van der Waals surface area contributed by atoms with Crippen molar-refractivity contribution in [3.63, 3.8) is 0 Å². The molecular formula is C18H21FN2OS. The second-order valence-electron chi connectivity index (χ2n) is 5.95. The van der Waals surface area contributed by atoms with E-state index in [1.54, 1.807) is 23.5 Å². The van der Waals surface area contributed by atoms with Gasteiger partial charge in [-0.2, -0.15) is 0 Å². The highest BCUT2D eigenvalue weighted by atomic mass is 32.1. The van der Waals surface area contributed by atoms with Crippen molar-refractivity contribution in [3.8, 4) is 0 Å². The van der Waals surface area contributed by atoms with Crippen molar-refractivity contribution in [2.24, 2.45) is 0 Å². The van der Waals surface area contributed by atoms with Crippen molar-refractivity contribution < 1.29 is 9.18 Å². The summed E-state index contributed by atoms with van der Waals surface area (Å²) in [5, 5.41) is 2.84. The molecule has 2 aromatic rings. The smallest absolute Gasteiger partial charge is 0.317 e. The summed E-state index contributed by atoms with van der Waals surface area (Å²) in [7, 11) is 0. The second-order valence-corrected chi connectivity index (χ2v) is 7.27. The topological polar surface area (TPSA) is 32.3 Å². The summed E-state index contributed by atoms with van der Waals surface area (Å²) in [6, 6.07) is 10.2. The maximum Gasteiger partial charge on any atom is 0.322 e. The van der Waals surface area contributed by atoms with Crippen molar-refractivity contribution in [1.29, 1.82) is 0 Å². The molecule has 3 rings (SSSR count). The summed E-state index contributed by atoms with van der Waals surface area (Å²) < 4.78 is 13.3. The first-order chi connectivity index (χ1) is 11.1. The average Bonchev–Trinajstić information content (AvgIpc) is 2.81. The van der Waals surface area contributed by atoms with Gasteiger partial charge in [0.1, 0.15) is 5.82 Å². The Morgan fingerprint density at radius 2 is 2.13 bits per heavy atom. The van der Waals surface area contributed by atoms with Gasteiger partial charge < -0.3 is 10.2 Å². The molecule has 5 heteroatoms. The molecule has 1 atom stereocenters. The van der Waals surface area contributed by atoms with Crippen LogP contribution < -0.4 is 5.32 Å². The number of carbonyl (C=O) groups excluding carboxylic acids is 1. The first-order valence-corrected chi connectivity index (χ1v) is 8.84. The van der Waals surface area contributed by atoms with E-state index in [9.17, 15) is 9.18 Å². The van der Waals surface area contributed by atoms with Crippen LogP contribution in [0.3, 0.4) is 0 Å². The molecule has 1 unspecified atom stereocenters. The van der Waals surface area contributed by atoms with E-state index in [0.29, 0.717) is 5.69 Å². The van der Waals surface area contributed by atoms with E-state index in [0.717, 1.165) is 32.2 Å². The van der Waals surface area contributed by atoms with Gasteiger partial charge in [-0.25, -0.2) is 9.18 Å². The zero-order valence-electron chi connectivity index (χ0n) is 13.2. The Hall–Kier alpha value is -1.88. The fourth-order valence-corrected chi connectivity index (χ4v) is 4.07. The normalized spacial score (nSPS) is 18.5. The van der Waals surface area contributed by atoms with E-state index >= 15 is 0 Å². The zero-order chi connectivity index (χ0) is 16.2. The number of carbonyl (C=O) groups is 1. The highest BCUT2D eigenvalue weighted by Gasteiger charge is 2.27. The quantitative estimate of drug-likeness (QED) is 0.790. The number of rotatable bonds is 2. The van der Waals surface area contributed by atoms with Crippen LogP contribution in [0.25, 0.3) is 0 Å². The molecule has 0 radical (unpaired) electrons. The number of benzene rings is 1. The Kier molecular flexibility index (Phi) is 4.96. The summed E-state index contributed by atoms with van der Waals surface area (Å²) in [5.74, 6) is -0.343. The van der Waals surface area contributed by atoms with Crippen molar-refractivity contribution >= 4 is 23.1 Å². The third-order valence-electron chi connectivity index (χ3n) is 4.18. The predicted molar refractivity (Wildman–Crippen MR) is 92.4 cm³/mol. The van der Waals surface area contributed by atoms with Gasteiger partial charge in [0, 0.05) is 22.0 Å². The number of aryl methyl sites for hydroxylation is 1. The maximum atomic E-state index is 13.3. The number of thiophene rings is 1. The lowest BCUT2D eigenvalue weighted by molar-refractivity contribution is 0.190. The minimum Gasteiger partial charge on any atom is -0.317 e. The van der Waals surface area contributed by atoms with Crippen molar-refractivity contribution in [2.45, 2.75) is 38.6 Å². The lowest BCUT2D eigenvalue weighted by atomic mass is 10.1. The molecule has 122 valence electrons. The van der Waals surface area contributed by atoms with Gasteiger partial charge in [0.25, 0.3) is 0 Å². The summed E-state index contributed by atoms with van der Waals surface area (Å²) in [6.45, 7) is 2.82. The van der Waals surface area contributed by atoms with Crippen molar-refractivity contribution in [3.05, 3.63) is 52.0 Å². The molecule has 1 N–H and O–H groups in total. The first-order valence-electron chi connectivity index (χ1n) is 8.03. The molecule has 0 saturated carbocycles. The summed E-state index contributed by atoms with van der Waals surface area (Å²) in [5.41, 5.74) is 0.500. The first kappa shape index (κ1) is 16.0. The fraction of sp³-hybridized carbons (Fsp3) is 0.389. The summed E-state index contributed by atoms with van der Waals surface area (Å²) >= 11 is 1.75. The van der Waals surface area contributed by atoms with Crippen LogP contribution in [0.1, 0.15) is 41.5 Å². The summed E-state index contributed by atoms with van der Waals surface area (Å²) in [4.78, 5) is 17.1. The molecule has 3 nitrogen and oxygen atoms in total. The number of halogens is 1. The van der Waals surface area contributed by atoms with Gasteiger partial charge in [0.15, 0.2) is 0 Å². The van der Waals surface area contributed by atoms with Gasteiger partial charge in [0.2, 0.25) is 0 Å². The van der Waals surface area contributed by atoms with E-state index in [1.165, 1.54) is 21.9 Å². The van der Waals surface area contributed by atoms with Crippen molar-refractivity contribution in [2.75, 3.05) is 11.9 Å². The molecular weight excluding hydrogens is 311 g/mol. The number of likely N-dealkylation sites (tertiary alicyclic amines) is 1. The molecule has 0 aliphatic carbocycles. The highest BCUT2D eigenvalue weighted by molar-refractivity contribution is 7.12. The fourth-order valence-electron chi connectivity index (χ4n) is 3.04. The van der Waals surface area contributed by atoms with Gasteiger partial charge in [-0.1, -0.05) is 18.9 Å². The van der Waals surface area contributed by atoms with Gasteiger partial charge in [-0.05, 0) is 50.1 Å². The monoisotopic (exact) mass is 332 g/mol. The van der Waals surface area contributed by atoms with E-state index in [-0.39, 0.29) is 17.9 Å². The highest BCUT2D eigenvalue weighted by Crippen LogP contribution is 2.34. The number of nitrogens with zero attached hydrogens (tertiary/aromatic N) is 1. The van der Waals surface area contributed by atoms with Gasteiger partial charge >= 0.3 is 6.03 Å². The van der Waals surface area contributed by atoms with E-state index in [1.807, 2.05) is 4.90 Å². The number of hydrogen-bond acceptors (Lipinski definition) is 2. The second kappa shape index (κ2) is 7.13. The number of urea groups is 1.